The maximum Gasteiger partial charge on any atom is 0.357 e. The second-order valence-corrected chi connectivity index (χ2v) is 12.8. The zero-order chi connectivity index (χ0) is 20.2. The minimum atomic E-state index is -3.92. The van der Waals surface area contributed by atoms with Crippen LogP contribution < -0.4 is 21.2 Å². The molecule has 0 aliphatic heterocycles. The van der Waals surface area contributed by atoms with E-state index in [-0.39, 0.29) is 32.0 Å². The highest BCUT2D eigenvalue weighted by Gasteiger charge is 2.20. The summed E-state index contributed by atoms with van der Waals surface area (Å²) in [5, 5.41) is 0. The third kappa shape index (κ3) is 9.14. The maximum atomic E-state index is 9.08. The predicted molar refractivity (Wildman–Crippen MR) is 103 cm³/mol. The van der Waals surface area contributed by atoms with E-state index in [0.717, 1.165) is 0 Å². The fraction of sp³-hybridized carbons (Fsp3) is 0.429. The first-order valence-corrected chi connectivity index (χ1v) is 12.4. The number of benzene rings is 2. The Balaban J connectivity index is 0.000000597. The summed E-state index contributed by atoms with van der Waals surface area (Å²) < 4.78 is 30.2. The summed E-state index contributed by atoms with van der Waals surface area (Å²) in [6, 6.07) is 18.4. The summed E-state index contributed by atoms with van der Waals surface area (Å²) in [6.45, 7) is 13.6. The Kier molecular flexibility index (Phi) is 7.87. The van der Waals surface area contributed by atoms with Crippen LogP contribution in [0, 0.1) is 7.14 Å². The van der Waals surface area contributed by atoms with Crippen molar-refractivity contribution in [2.75, 3.05) is 6.26 Å². The molecule has 0 aromatic heterocycles. The van der Waals surface area contributed by atoms with Gasteiger partial charge in [0.15, 0.2) is 7.14 Å². The topological polar surface area (TPSA) is 57.2 Å². The molecule has 0 atom stereocenters. The molecule has 2 aromatic carbocycles. The van der Waals surface area contributed by atoms with Crippen molar-refractivity contribution < 1.29 is 34.2 Å². The van der Waals surface area contributed by atoms with E-state index in [1.807, 2.05) is 0 Å². The molecule has 0 aliphatic carbocycles. The van der Waals surface area contributed by atoms with Gasteiger partial charge in [-0.3, -0.25) is 0 Å². The molecule has 0 saturated carbocycles. The number of rotatable bonds is 2. The van der Waals surface area contributed by atoms with Gasteiger partial charge >= 0.3 is 21.2 Å². The average Bonchev–Trinajstić information content (AvgIpc) is 2.45. The molecule has 0 N–H and O–H groups in total. The van der Waals surface area contributed by atoms with Crippen molar-refractivity contribution in [2.24, 2.45) is 0 Å². The van der Waals surface area contributed by atoms with Gasteiger partial charge in [-0.2, -0.15) is 0 Å². The molecule has 2 rings (SSSR count). The first-order chi connectivity index (χ1) is 11.7. The number of halogens is 1. The fourth-order valence-electron chi connectivity index (χ4n) is 2.15. The Labute approximate surface area is 169 Å². The first kappa shape index (κ1) is 23.1. The second kappa shape index (κ2) is 8.85. The van der Waals surface area contributed by atoms with Gasteiger partial charge in [0, 0.05) is 6.26 Å². The molecule has 0 spiro atoms. The van der Waals surface area contributed by atoms with E-state index in [2.05, 4.69) is 90.1 Å². The lowest BCUT2D eigenvalue weighted by Gasteiger charge is -2.18. The van der Waals surface area contributed by atoms with Crippen molar-refractivity contribution in [2.45, 2.75) is 52.4 Å². The largest absolute Gasteiger partial charge is 0.748 e. The third-order valence-corrected chi connectivity index (χ3v) is 6.32. The van der Waals surface area contributed by atoms with Crippen molar-refractivity contribution in [3.63, 3.8) is 0 Å². The van der Waals surface area contributed by atoms with Crippen LogP contribution in [-0.4, -0.2) is 19.2 Å². The predicted octanol–water partition coefficient (Wildman–Crippen LogP) is 1.57. The van der Waals surface area contributed by atoms with Crippen LogP contribution in [0.1, 0.15) is 52.7 Å². The molecule has 0 radical (unpaired) electrons. The molecular formula is C21H29IO3S. The molecule has 0 unspecified atom stereocenters. The van der Waals surface area contributed by atoms with E-state index in [4.69, 9.17) is 13.0 Å². The lowest BCUT2D eigenvalue weighted by molar-refractivity contribution is -0.597. The average molecular weight is 488 g/mol. The summed E-state index contributed by atoms with van der Waals surface area (Å²) in [7, 11) is -3.92. The van der Waals surface area contributed by atoms with Gasteiger partial charge < -0.3 is 4.55 Å². The smallest absolute Gasteiger partial charge is 0.357 e. The molecule has 0 saturated heterocycles. The second-order valence-electron chi connectivity index (χ2n) is 8.31. The van der Waals surface area contributed by atoms with Gasteiger partial charge in [0.05, 0.1) is 10.1 Å². The molecule has 144 valence electrons. The van der Waals surface area contributed by atoms with Crippen molar-refractivity contribution in [1.82, 2.24) is 0 Å². The lowest BCUT2D eigenvalue weighted by Crippen LogP contribution is -3.61. The van der Waals surface area contributed by atoms with Crippen LogP contribution >= 0.6 is 0 Å². The number of hydrogen-bond acceptors (Lipinski definition) is 3. The van der Waals surface area contributed by atoms with Crippen LogP contribution in [-0.2, 0) is 20.9 Å². The Hall–Kier alpha value is -0.920. The lowest BCUT2D eigenvalue weighted by atomic mass is 9.87. The van der Waals surface area contributed by atoms with Gasteiger partial charge in [0.25, 0.3) is 0 Å². The molecule has 2 aromatic rings. The molecule has 0 heterocycles. The number of hydrogen-bond donors (Lipinski definition) is 0. The van der Waals surface area contributed by atoms with E-state index in [1.165, 1.54) is 18.3 Å². The van der Waals surface area contributed by atoms with E-state index in [1.54, 1.807) is 0 Å². The Bertz CT molecular complexity index is 731. The quantitative estimate of drug-likeness (QED) is 0.477. The molecule has 0 aliphatic rings. The van der Waals surface area contributed by atoms with E-state index < -0.39 is 10.1 Å². The van der Waals surface area contributed by atoms with Crippen LogP contribution in [0.4, 0.5) is 0 Å². The Morgan fingerprint density at radius 3 is 1.12 bits per heavy atom. The van der Waals surface area contributed by atoms with E-state index >= 15 is 0 Å². The molecule has 0 fully saturated rings. The van der Waals surface area contributed by atoms with Crippen molar-refractivity contribution in [3.8, 4) is 0 Å². The van der Waals surface area contributed by atoms with Gasteiger partial charge in [-0.1, -0.05) is 65.8 Å². The Morgan fingerprint density at radius 2 is 0.923 bits per heavy atom. The highest BCUT2D eigenvalue weighted by Crippen LogP contribution is 2.21. The highest BCUT2D eigenvalue weighted by atomic mass is 127. The SMILES string of the molecule is CC(C)(C)c1ccc([I+]c2ccc(C(C)(C)C)cc2)cc1.CS(=O)(=O)[O-]. The minimum Gasteiger partial charge on any atom is -0.748 e. The van der Waals surface area contributed by atoms with Gasteiger partial charge in [-0.15, -0.1) is 0 Å². The van der Waals surface area contributed by atoms with Crippen molar-refractivity contribution in [3.05, 3.63) is 66.8 Å². The fourth-order valence-corrected chi connectivity index (χ4v) is 4.31. The van der Waals surface area contributed by atoms with Crippen molar-refractivity contribution in [1.29, 1.82) is 0 Å². The molecule has 0 amide bonds. The van der Waals surface area contributed by atoms with Crippen molar-refractivity contribution >= 4 is 10.1 Å². The van der Waals surface area contributed by atoms with Crippen LogP contribution in [0.25, 0.3) is 0 Å². The highest BCUT2D eigenvalue weighted by molar-refractivity contribution is 7.84. The van der Waals surface area contributed by atoms with Crippen LogP contribution in [0.5, 0.6) is 0 Å². The molecule has 0 bridgehead atoms. The standard InChI is InChI=1S/C20H26I.CH4O3S/c1-19(2,3)15-7-11-17(12-8-15)21-18-13-9-16(10-14-18)20(4,5)6;1-5(2,3)4/h7-14H,1-6H3;1H3,(H,2,3,4)/q+1;/p-1. The monoisotopic (exact) mass is 488 g/mol. The van der Waals surface area contributed by atoms with Crippen LogP contribution in [0.15, 0.2) is 48.5 Å². The summed E-state index contributed by atoms with van der Waals surface area (Å²) in [5.74, 6) is 0. The summed E-state index contributed by atoms with van der Waals surface area (Å²) in [5.41, 5.74) is 3.31. The van der Waals surface area contributed by atoms with Gasteiger partial charge in [-0.25, -0.2) is 8.42 Å². The normalized spacial score (nSPS) is 12.3. The maximum absolute atomic E-state index is 9.08. The zero-order valence-corrected chi connectivity index (χ0v) is 19.6. The van der Waals surface area contributed by atoms with Gasteiger partial charge in [-0.05, 0) is 46.2 Å². The van der Waals surface area contributed by atoms with E-state index in [0.29, 0.717) is 6.26 Å². The van der Waals surface area contributed by atoms with E-state index in [9.17, 15) is 0 Å². The third-order valence-electron chi connectivity index (χ3n) is 3.64. The summed E-state index contributed by atoms with van der Waals surface area (Å²) in [4.78, 5) is 0. The molecule has 3 nitrogen and oxygen atoms in total. The van der Waals surface area contributed by atoms with Gasteiger partial charge in [0.2, 0.25) is 0 Å². The van der Waals surface area contributed by atoms with Crippen LogP contribution in [0.3, 0.4) is 0 Å². The van der Waals surface area contributed by atoms with Gasteiger partial charge in [0.1, 0.15) is 0 Å². The summed E-state index contributed by atoms with van der Waals surface area (Å²) >= 11 is -0.0703. The van der Waals surface area contributed by atoms with Crippen LogP contribution in [0.2, 0.25) is 0 Å². The first-order valence-electron chi connectivity index (χ1n) is 8.43. The zero-order valence-electron chi connectivity index (χ0n) is 16.6. The Morgan fingerprint density at radius 1 is 0.692 bits per heavy atom. The summed E-state index contributed by atoms with van der Waals surface area (Å²) in [6.07, 6.45) is 0.604. The molecular weight excluding hydrogens is 459 g/mol. The minimum absolute atomic E-state index is 0.0703. The molecule has 26 heavy (non-hydrogen) atoms. The molecule has 5 heteroatoms.